The molecule has 1 N–H and O–H groups in total. The van der Waals surface area contributed by atoms with E-state index in [1.54, 1.807) is 60.7 Å². The molecular formula is C28H19FN2O5. The van der Waals surface area contributed by atoms with E-state index in [2.05, 4.69) is 10.5 Å². The molecule has 0 saturated heterocycles. The van der Waals surface area contributed by atoms with E-state index in [0.717, 1.165) is 6.07 Å². The Bertz CT molecular complexity index is 1420. The third-order valence-electron chi connectivity index (χ3n) is 4.91. The van der Waals surface area contributed by atoms with Gasteiger partial charge in [-0.25, -0.2) is 19.4 Å². The SMILES string of the molecule is O=C(Oc1ccc(/C=N/NC(=O)c2ccccc2F)c(OC(=O)c2ccccc2)c1)c1ccccc1. The number of ether oxygens (including phenoxy) is 2. The fraction of sp³-hybridized carbons (Fsp3) is 0. The molecule has 4 aromatic carbocycles. The largest absolute Gasteiger partial charge is 0.423 e. The summed E-state index contributed by atoms with van der Waals surface area (Å²) in [7, 11) is 0. The average molecular weight is 482 g/mol. The van der Waals surface area contributed by atoms with Crippen LogP contribution in [0.25, 0.3) is 0 Å². The summed E-state index contributed by atoms with van der Waals surface area (Å²) in [6, 6.07) is 26.5. The van der Waals surface area contributed by atoms with Crippen LogP contribution in [-0.2, 0) is 0 Å². The van der Waals surface area contributed by atoms with Crippen LogP contribution in [0.1, 0.15) is 36.6 Å². The van der Waals surface area contributed by atoms with Gasteiger partial charge < -0.3 is 9.47 Å². The molecule has 0 atom stereocenters. The van der Waals surface area contributed by atoms with Crippen molar-refractivity contribution < 1.29 is 28.2 Å². The summed E-state index contributed by atoms with van der Waals surface area (Å²) in [4.78, 5) is 37.3. The molecule has 0 aliphatic heterocycles. The van der Waals surface area contributed by atoms with Gasteiger partial charge in [0.2, 0.25) is 0 Å². The van der Waals surface area contributed by atoms with Crippen LogP contribution in [0.4, 0.5) is 4.39 Å². The molecule has 4 aromatic rings. The number of hydrogen-bond donors (Lipinski definition) is 1. The lowest BCUT2D eigenvalue weighted by Crippen LogP contribution is -2.19. The molecule has 0 saturated carbocycles. The lowest BCUT2D eigenvalue weighted by Gasteiger charge is -2.10. The normalized spacial score (nSPS) is 10.6. The van der Waals surface area contributed by atoms with Gasteiger partial charge in [-0.05, 0) is 48.5 Å². The second-order valence-electron chi connectivity index (χ2n) is 7.39. The molecule has 178 valence electrons. The maximum absolute atomic E-state index is 13.8. The van der Waals surface area contributed by atoms with Crippen LogP contribution in [0.5, 0.6) is 11.5 Å². The molecule has 0 aromatic heterocycles. The third kappa shape index (κ3) is 6.06. The van der Waals surface area contributed by atoms with Crippen molar-refractivity contribution in [3.05, 3.63) is 131 Å². The minimum atomic E-state index is -0.749. The van der Waals surface area contributed by atoms with Crippen LogP contribution in [0.15, 0.2) is 108 Å². The summed E-state index contributed by atoms with van der Waals surface area (Å²) in [5.41, 5.74) is 3.01. The highest BCUT2D eigenvalue weighted by Gasteiger charge is 2.15. The number of rotatable bonds is 7. The van der Waals surface area contributed by atoms with E-state index in [1.807, 2.05) is 0 Å². The molecule has 0 heterocycles. The van der Waals surface area contributed by atoms with Gasteiger partial charge in [-0.15, -0.1) is 0 Å². The van der Waals surface area contributed by atoms with E-state index in [-0.39, 0.29) is 17.1 Å². The molecule has 0 aliphatic carbocycles. The molecule has 0 aliphatic rings. The number of benzene rings is 4. The lowest BCUT2D eigenvalue weighted by molar-refractivity contribution is 0.0732. The van der Waals surface area contributed by atoms with Gasteiger partial charge in [0, 0.05) is 11.6 Å². The van der Waals surface area contributed by atoms with E-state index in [4.69, 9.17) is 9.47 Å². The Hall–Kier alpha value is -5.11. The van der Waals surface area contributed by atoms with Crippen LogP contribution >= 0.6 is 0 Å². The highest BCUT2D eigenvalue weighted by atomic mass is 19.1. The van der Waals surface area contributed by atoms with Crippen LogP contribution in [0, 0.1) is 5.82 Å². The quantitative estimate of drug-likeness (QED) is 0.173. The smallest absolute Gasteiger partial charge is 0.343 e. The van der Waals surface area contributed by atoms with Crippen molar-refractivity contribution in [1.82, 2.24) is 5.43 Å². The van der Waals surface area contributed by atoms with Gasteiger partial charge in [0.25, 0.3) is 5.91 Å². The fourth-order valence-corrected chi connectivity index (χ4v) is 3.11. The zero-order chi connectivity index (χ0) is 25.3. The molecule has 0 spiro atoms. The van der Waals surface area contributed by atoms with E-state index < -0.39 is 23.7 Å². The summed E-state index contributed by atoms with van der Waals surface area (Å²) >= 11 is 0. The van der Waals surface area contributed by atoms with Gasteiger partial charge >= 0.3 is 11.9 Å². The molecule has 0 bridgehead atoms. The number of hydrazone groups is 1. The first kappa shape index (κ1) is 24.0. The Kier molecular flexibility index (Phi) is 7.57. The number of nitrogens with one attached hydrogen (secondary N) is 1. The van der Waals surface area contributed by atoms with Crippen molar-refractivity contribution in [1.29, 1.82) is 0 Å². The maximum atomic E-state index is 13.8. The molecular weight excluding hydrogens is 463 g/mol. The van der Waals surface area contributed by atoms with Gasteiger partial charge in [0.15, 0.2) is 0 Å². The summed E-state index contributed by atoms with van der Waals surface area (Å²) in [5.74, 6) is -2.51. The Morgan fingerprint density at radius 3 is 1.94 bits per heavy atom. The molecule has 0 unspecified atom stereocenters. The Morgan fingerprint density at radius 2 is 1.31 bits per heavy atom. The standard InChI is InChI=1S/C28H19FN2O5/c29-24-14-8-7-13-23(24)26(32)31-30-18-21-15-16-22(35-27(33)19-9-3-1-4-10-19)17-25(21)36-28(34)20-11-5-2-6-12-20/h1-18H,(H,31,32)/b30-18+. The molecule has 0 radical (unpaired) electrons. The number of nitrogens with zero attached hydrogens (tertiary/aromatic N) is 1. The minimum Gasteiger partial charge on any atom is -0.423 e. The van der Waals surface area contributed by atoms with Crippen molar-refractivity contribution in [2.45, 2.75) is 0 Å². The third-order valence-corrected chi connectivity index (χ3v) is 4.91. The minimum absolute atomic E-state index is 0.0334. The van der Waals surface area contributed by atoms with Crippen molar-refractivity contribution in [2.24, 2.45) is 5.10 Å². The van der Waals surface area contributed by atoms with Gasteiger partial charge in [-0.1, -0.05) is 48.5 Å². The molecule has 0 fully saturated rings. The predicted molar refractivity (Wildman–Crippen MR) is 131 cm³/mol. The topological polar surface area (TPSA) is 94.1 Å². The summed E-state index contributed by atoms with van der Waals surface area (Å²) in [6.45, 7) is 0. The van der Waals surface area contributed by atoms with Crippen molar-refractivity contribution >= 4 is 24.1 Å². The molecule has 36 heavy (non-hydrogen) atoms. The second-order valence-corrected chi connectivity index (χ2v) is 7.39. The molecule has 1 amide bonds. The van der Waals surface area contributed by atoms with Gasteiger partial charge in [-0.2, -0.15) is 5.10 Å². The van der Waals surface area contributed by atoms with Crippen LogP contribution in [0.2, 0.25) is 0 Å². The van der Waals surface area contributed by atoms with Gasteiger partial charge in [-0.3, -0.25) is 4.79 Å². The number of carbonyl (C=O) groups excluding carboxylic acids is 3. The lowest BCUT2D eigenvalue weighted by atomic mass is 10.2. The maximum Gasteiger partial charge on any atom is 0.343 e. The summed E-state index contributed by atoms with van der Waals surface area (Å²) in [5, 5.41) is 3.85. The fourth-order valence-electron chi connectivity index (χ4n) is 3.11. The second kappa shape index (κ2) is 11.3. The van der Waals surface area contributed by atoms with Crippen LogP contribution in [0.3, 0.4) is 0 Å². The van der Waals surface area contributed by atoms with Gasteiger partial charge in [0.1, 0.15) is 17.3 Å². The summed E-state index contributed by atoms with van der Waals surface area (Å²) in [6.07, 6.45) is 1.23. The number of amides is 1. The zero-order valence-electron chi connectivity index (χ0n) is 18.8. The number of carbonyl (C=O) groups is 3. The first-order chi connectivity index (χ1) is 17.5. The van der Waals surface area contributed by atoms with E-state index in [0.29, 0.717) is 16.7 Å². The molecule has 7 nitrogen and oxygen atoms in total. The van der Waals surface area contributed by atoms with E-state index >= 15 is 0 Å². The first-order valence-corrected chi connectivity index (χ1v) is 10.8. The number of esters is 2. The van der Waals surface area contributed by atoms with E-state index in [1.165, 1.54) is 42.6 Å². The van der Waals surface area contributed by atoms with Crippen LogP contribution in [-0.4, -0.2) is 24.1 Å². The average Bonchev–Trinajstić information content (AvgIpc) is 2.91. The van der Waals surface area contributed by atoms with Gasteiger partial charge in [0.05, 0.1) is 22.9 Å². The van der Waals surface area contributed by atoms with Crippen molar-refractivity contribution in [3.63, 3.8) is 0 Å². The van der Waals surface area contributed by atoms with Crippen molar-refractivity contribution in [3.8, 4) is 11.5 Å². The molecule has 4 rings (SSSR count). The summed E-state index contributed by atoms with van der Waals surface area (Å²) < 4.78 is 24.8. The first-order valence-electron chi connectivity index (χ1n) is 10.8. The molecule has 8 heteroatoms. The Morgan fingerprint density at radius 1 is 0.722 bits per heavy atom. The highest BCUT2D eigenvalue weighted by molar-refractivity contribution is 5.96. The Labute approximate surface area is 205 Å². The van der Waals surface area contributed by atoms with E-state index in [9.17, 15) is 18.8 Å². The van der Waals surface area contributed by atoms with Crippen LogP contribution < -0.4 is 14.9 Å². The highest BCUT2D eigenvalue weighted by Crippen LogP contribution is 2.26. The monoisotopic (exact) mass is 482 g/mol. The predicted octanol–water partition coefficient (Wildman–Crippen LogP) is 5.03. The van der Waals surface area contributed by atoms with Crippen molar-refractivity contribution in [2.75, 3.05) is 0 Å². The number of halogens is 1. The number of hydrogen-bond acceptors (Lipinski definition) is 6. The zero-order valence-corrected chi connectivity index (χ0v) is 18.8. The Balaban J connectivity index is 1.56.